The maximum absolute atomic E-state index is 5.74. The Labute approximate surface area is 78.7 Å². The van der Waals surface area contributed by atoms with Crippen LogP contribution in [0.1, 0.15) is 5.56 Å². The fourth-order valence-electron chi connectivity index (χ4n) is 0.769. The number of aromatic nitrogens is 1. The number of nitrogens with zero attached hydrogens (tertiary/aromatic N) is 1. The number of pyridine rings is 1. The molecule has 60 valence electrons. The molecule has 0 N–H and O–H groups in total. The summed E-state index contributed by atoms with van der Waals surface area (Å²) in [7, 11) is 1.57. The standard InChI is InChI=1S/C7H7BrClNO/c1-4-5(8)3-10-7(9)6(4)11-2/h3H,1-2H3. The molecule has 0 aliphatic heterocycles. The van der Waals surface area contributed by atoms with Gasteiger partial charge in [0, 0.05) is 16.2 Å². The number of hydrogen-bond acceptors (Lipinski definition) is 2. The molecular formula is C7H7BrClNO. The van der Waals surface area contributed by atoms with E-state index in [1.165, 1.54) is 0 Å². The summed E-state index contributed by atoms with van der Waals surface area (Å²) in [6.45, 7) is 1.91. The summed E-state index contributed by atoms with van der Waals surface area (Å²) < 4.78 is 5.93. The highest BCUT2D eigenvalue weighted by atomic mass is 79.9. The van der Waals surface area contributed by atoms with E-state index in [1.54, 1.807) is 13.3 Å². The Kier molecular flexibility index (Phi) is 2.73. The topological polar surface area (TPSA) is 22.1 Å². The molecule has 11 heavy (non-hydrogen) atoms. The second-order valence-corrected chi connectivity index (χ2v) is 3.27. The minimum Gasteiger partial charge on any atom is -0.493 e. The highest BCUT2D eigenvalue weighted by Gasteiger charge is 2.07. The Balaban J connectivity index is 3.29. The molecule has 0 aromatic carbocycles. The van der Waals surface area contributed by atoms with Gasteiger partial charge >= 0.3 is 0 Å². The van der Waals surface area contributed by atoms with Crippen molar-refractivity contribution in [2.45, 2.75) is 6.92 Å². The van der Waals surface area contributed by atoms with Gasteiger partial charge in [0.2, 0.25) is 0 Å². The SMILES string of the molecule is COc1c(Cl)ncc(Br)c1C. The molecule has 0 amide bonds. The van der Waals surface area contributed by atoms with Crippen LogP contribution in [0.2, 0.25) is 5.15 Å². The minimum atomic E-state index is 0.396. The number of halogens is 2. The highest BCUT2D eigenvalue weighted by molar-refractivity contribution is 9.10. The molecule has 0 atom stereocenters. The Bertz CT molecular complexity index is 277. The van der Waals surface area contributed by atoms with Crippen LogP contribution in [-0.4, -0.2) is 12.1 Å². The number of methoxy groups -OCH3 is 1. The molecule has 0 aliphatic carbocycles. The first-order chi connectivity index (χ1) is 5.16. The van der Waals surface area contributed by atoms with Crippen molar-refractivity contribution in [3.63, 3.8) is 0 Å². The minimum absolute atomic E-state index is 0.396. The summed E-state index contributed by atoms with van der Waals surface area (Å²) in [6, 6.07) is 0. The predicted molar refractivity (Wildman–Crippen MR) is 48.2 cm³/mol. The van der Waals surface area contributed by atoms with Crippen molar-refractivity contribution in [1.82, 2.24) is 4.98 Å². The molecule has 1 aromatic rings. The monoisotopic (exact) mass is 235 g/mol. The van der Waals surface area contributed by atoms with Crippen LogP contribution >= 0.6 is 27.5 Å². The summed E-state index contributed by atoms with van der Waals surface area (Å²) in [4.78, 5) is 3.90. The van der Waals surface area contributed by atoms with Gasteiger partial charge in [-0.25, -0.2) is 4.98 Å². The van der Waals surface area contributed by atoms with Gasteiger partial charge in [0.1, 0.15) is 0 Å². The van der Waals surface area contributed by atoms with Crippen LogP contribution in [-0.2, 0) is 0 Å². The maximum Gasteiger partial charge on any atom is 0.171 e. The third-order valence-corrected chi connectivity index (χ3v) is 2.45. The highest BCUT2D eigenvalue weighted by Crippen LogP contribution is 2.30. The van der Waals surface area contributed by atoms with Crippen LogP contribution in [0.5, 0.6) is 5.75 Å². The van der Waals surface area contributed by atoms with Crippen LogP contribution < -0.4 is 4.74 Å². The van der Waals surface area contributed by atoms with Gasteiger partial charge in [0.25, 0.3) is 0 Å². The molecule has 0 radical (unpaired) electrons. The van der Waals surface area contributed by atoms with E-state index in [1.807, 2.05) is 6.92 Å². The Morgan fingerprint density at radius 2 is 2.27 bits per heavy atom. The van der Waals surface area contributed by atoms with E-state index < -0.39 is 0 Å². The fourth-order valence-corrected chi connectivity index (χ4v) is 1.32. The predicted octanol–water partition coefficient (Wildman–Crippen LogP) is 2.81. The first-order valence-electron chi connectivity index (χ1n) is 3.01. The van der Waals surface area contributed by atoms with E-state index >= 15 is 0 Å². The average Bonchev–Trinajstić information content (AvgIpc) is 1.99. The first kappa shape index (κ1) is 8.81. The van der Waals surface area contributed by atoms with E-state index in [9.17, 15) is 0 Å². The van der Waals surface area contributed by atoms with Crippen LogP contribution in [0.3, 0.4) is 0 Å². The summed E-state index contributed by atoms with van der Waals surface area (Å²) in [6.07, 6.45) is 1.65. The molecule has 0 saturated carbocycles. The maximum atomic E-state index is 5.74. The van der Waals surface area contributed by atoms with Gasteiger partial charge in [0.05, 0.1) is 7.11 Å². The first-order valence-corrected chi connectivity index (χ1v) is 4.18. The summed E-state index contributed by atoms with van der Waals surface area (Å²) in [5, 5.41) is 0.396. The van der Waals surface area contributed by atoms with Crippen molar-refractivity contribution in [2.75, 3.05) is 7.11 Å². The number of hydrogen-bond donors (Lipinski definition) is 0. The summed E-state index contributed by atoms with van der Waals surface area (Å²) >= 11 is 9.06. The van der Waals surface area contributed by atoms with E-state index in [-0.39, 0.29) is 0 Å². The molecule has 0 unspecified atom stereocenters. The molecule has 0 bridgehead atoms. The summed E-state index contributed by atoms with van der Waals surface area (Å²) in [5.74, 6) is 0.626. The van der Waals surface area contributed by atoms with E-state index in [2.05, 4.69) is 20.9 Å². The molecule has 0 aliphatic rings. The third kappa shape index (κ3) is 1.65. The van der Waals surface area contributed by atoms with Crippen LogP contribution in [0.4, 0.5) is 0 Å². The zero-order chi connectivity index (χ0) is 8.43. The lowest BCUT2D eigenvalue weighted by molar-refractivity contribution is 0.409. The van der Waals surface area contributed by atoms with Crippen molar-refractivity contribution in [2.24, 2.45) is 0 Å². The normalized spacial score (nSPS) is 9.82. The zero-order valence-corrected chi connectivity index (χ0v) is 8.53. The van der Waals surface area contributed by atoms with Crippen LogP contribution in [0.15, 0.2) is 10.7 Å². The molecule has 1 rings (SSSR count). The van der Waals surface area contributed by atoms with E-state index in [4.69, 9.17) is 16.3 Å². The third-order valence-electron chi connectivity index (χ3n) is 1.38. The lowest BCUT2D eigenvalue weighted by atomic mass is 10.3. The second kappa shape index (κ2) is 3.41. The molecule has 1 heterocycles. The van der Waals surface area contributed by atoms with Crippen LogP contribution in [0, 0.1) is 6.92 Å². The Morgan fingerprint density at radius 3 is 2.73 bits per heavy atom. The number of ether oxygens (including phenoxy) is 1. The van der Waals surface area contributed by atoms with Gasteiger partial charge in [-0.15, -0.1) is 0 Å². The molecule has 0 fully saturated rings. The molecule has 0 saturated heterocycles. The fraction of sp³-hybridized carbons (Fsp3) is 0.286. The van der Waals surface area contributed by atoms with E-state index in [0.29, 0.717) is 10.9 Å². The van der Waals surface area contributed by atoms with Crippen molar-refractivity contribution in [3.8, 4) is 5.75 Å². The van der Waals surface area contributed by atoms with Crippen molar-refractivity contribution in [3.05, 3.63) is 21.4 Å². The van der Waals surface area contributed by atoms with Crippen molar-refractivity contribution < 1.29 is 4.74 Å². The largest absolute Gasteiger partial charge is 0.493 e. The number of rotatable bonds is 1. The van der Waals surface area contributed by atoms with Crippen molar-refractivity contribution in [1.29, 1.82) is 0 Å². The molecule has 4 heteroatoms. The zero-order valence-electron chi connectivity index (χ0n) is 6.19. The molecule has 1 aromatic heterocycles. The van der Waals surface area contributed by atoms with Crippen LogP contribution in [0.25, 0.3) is 0 Å². The lowest BCUT2D eigenvalue weighted by Crippen LogP contribution is -1.91. The quantitative estimate of drug-likeness (QED) is 0.700. The van der Waals surface area contributed by atoms with Gasteiger partial charge in [-0.2, -0.15) is 0 Å². The van der Waals surface area contributed by atoms with Gasteiger partial charge in [-0.05, 0) is 22.9 Å². The van der Waals surface area contributed by atoms with Crippen molar-refractivity contribution >= 4 is 27.5 Å². The molecule has 0 spiro atoms. The smallest absolute Gasteiger partial charge is 0.171 e. The van der Waals surface area contributed by atoms with E-state index in [0.717, 1.165) is 10.0 Å². The average molecular weight is 236 g/mol. The Hall–Kier alpha value is -0.280. The Morgan fingerprint density at radius 1 is 1.64 bits per heavy atom. The van der Waals surface area contributed by atoms with Gasteiger partial charge in [-0.1, -0.05) is 11.6 Å². The van der Waals surface area contributed by atoms with Gasteiger partial charge in [0.15, 0.2) is 10.9 Å². The summed E-state index contributed by atoms with van der Waals surface area (Å²) in [5.41, 5.74) is 0.965. The van der Waals surface area contributed by atoms with Gasteiger partial charge < -0.3 is 4.74 Å². The second-order valence-electron chi connectivity index (χ2n) is 2.06. The lowest BCUT2D eigenvalue weighted by Gasteiger charge is -2.06. The molecular weight excluding hydrogens is 229 g/mol. The van der Waals surface area contributed by atoms with Gasteiger partial charge in [-0.3, -0.25) is 0 Å². The molecule has 2 nitrogen and oxygen atoms in total.